The molecule has 0 unspecified atom stereocenters. The van der Waals surface area contributed by atoms with Crippen LogP contribution in [0.4, 0.5) is 17.1 Å². The molecular formula is C20H25N3O6. The van der Waals surface area contributed by atoms with Crippen LogP contribution in [-0.4, -0.2) is 57.7 Å². The first-order valence-electron chi connectivity index (χ1n) is 9.00. The lowest BCUT2D eigenvalue weighted by Crippen LogP contribution is -2.60. The van der Waals surface area contributed by atoms with Gasteiger partial charge in [-0.1, -0.05) is 24.3 Å². The smallest absolute Gasteiger partial charge is 0.229 e. The lowest BCUT2D eigenvalue weighted by Gasteiger charge is -2.39. The number of ether oxygens (including phenoxy) is 2. The van der Waals surface area contributed by atoms with Gasteiger partial charge in [-0.05, 0) is 29.8 Å². The van der Waals surface area contributed by atoms with Crippen molar-refractivity contribution in [3.63, 3.8) is 0 Å². The van der Waals surface area contributed by atoms with Crippen LogP contribution >= 0.6 is 0 Å². The molecule has 3 rings (SSSR count). The highest BCUT2D eigenvalue weighted by Gasteiger charge is 2.45. The Morgan fingerprint density at radius 2 is 1.59 bits per heavy atom. The van der Waals surface area contributed by atoms with E-state index in [0.29, 0.717) is 16.9 Å². The molecule has 29 heavy (non-hydrogen) atoms. The number of rotatable bonds is 5. The molecule has 9 heteroatoms. The van der Waals surface area contributed by atoms with Crippen LogP contribution in [0, 0.1) is 0 Å². The number of nitrogen functional groups attached to an aromatic ring is 3. The van der Waals surface area contributed by atoms with E-state index in [1.807, 2.05) is 12.1 Å². The molecule has 156 valence electrons. The second kappa shape index (κ2) is 8.68. The molecule has 0 amide bonds. The minimum atomic E-state index is -1.56. The van der Waals surface area contributed by atoms with Gasteiger partial charge in [0.15, 0.2) is 5.75 Å². The molecule has 1 fully saturated rings. The highest BCUT2D eigenvalue weighted by molar-refractivity contribution is 5.79. The molecule has 1 heterocycles. The Morgan fingerprint density at radius 3 is 2.24 bits per heavy atom. The Hall–Kier alpha value is -2.82. The number of aliphatic hydroxyl groups excluding tert-OH is 4. The van der Waals surface area contributed by atoms with Gasteiger partial charge in [0.25, 0.3) is 0 Å². The predicted molar refractivity (Wildman–Crippen MR) is 109 cm³/mol. The summed E-state index contributed by atoms with van der Waals surface area (Å²) in [5.74, 6) is 0.176. The van der Waals surface area contributed by atoms with Crippen LogP contribution in [0.15, 0.2) is 36.4 Å². The first kappa shape index (κ1) is 20.9. The maximum Gasteiger partial charge on any atom is 0.229 e. The summed E-state index contributed by atoms with van der Waals surface area (Å²) in [4.78, 5) is 0. The van der Waals surface area contributed by atoms with E-state index in [4.69, 9.17) is 26.7 Å². The number of hydrogen-bond donors (Lipinski definition) is 7. The van der Waals surface area contributed by atoms with Crippen LogP contribution in [0.1, 0.15) is 11.1 Å². The van der Waals surface area contributed by atoms with Crippen LogP contribution in [0.3, 0.4) is 0 Å². The van der Waals surface area contributed by atoms with E-state index >= 15 is 0 Å². The Morgan fingerprint density at radius 1 is 0.897 bits per heavy atom. The van der Waals surface area contributed by atoms with E-state index in [1.165, 1.54) is 6.07 Å². The van der Waals surface area contributed by atoms with Gasteiger partial charge in [0.05, 0.1) is 12.3 Å². The maximum atomic E-state index is 10.2. The summed E-state index contributed by atoms with van der Waals surface area (Å²) in [6, 6.07) is 10.3. The predicted octanol–water partition coefficient (Wildman–Crippen LogP) is -0.218. The van der Waals surface area contributed by atoms with Gasteiger partial charge in [0.1, 0.15) is 24.4 Å². The van der Waals surface area contributed by atoms with Gasteiger partial charge < -0.3 is 47.1 Å². The Labute approximate surface area is 167 Å². The number of hydrogen-bond acceptors (Lipinski definition) is 9. The van der Waals surface area contributed by atoms with Gasteiger partial charge in [-0.15, -0.1) is 0 Å². The van der Waals surface area contributed by atoms with Crippen LogP contribution in [0.25, 0.3) is 12.2 Å². The molecule has 0 spiro atoms. The Balaban J connectivity index is 1.89. The van der Waals surface area contributed by atoms with E-state index in [-0.39, 0.29) is 11.4 Å². The van der Waals surface area contributed by atoms with E-state index in [1.54, 1.807) is 30.4 Å². The van der Waals surface area contributed by atoms with Crippen molar-refractivity contribution in [1.82, 2.24) is 0 Å². The second-order valence-corrected chi connectivity index (χ2v) is 6.84. The summed E-state index contributed by atoms with van der Waals surface area (Å²) in [5, 5.41) is 39.4. The molecule has 0 bridgehead atoms. The Bertz CT molecular complexity index is 871. The van der Waals surface area contributed by atoms with Crippen molar-refractivity contribution in [3.8, 4) is 5.75 Å². The number of benzene rings is 2. The molecular weight excluding hydrogens is 378 g/mol. The largest absolute Gasteiger partial charge is 0.459 e. The third-order valence-electron chi connectivity index (χ3n) is 4.64. The molecule has 1 aliphatic rings. The lowest BCUT2D eigenvalue weighted by molar-refractivity contribution is -0.277. The summed E-state index contributed by atoms with van der Waals surface area (Å²) in [6.45, 7) is -0.564. The average Bonchev–Trinajstić information content (AvgIpc) is 2.69. The lowest BCUT2D eigenvalue weighted by atomic mass is 9.99. The number of nitrogens with two attached hydrogens (primary N) is 3. The van der Waals surface area contributed by atoms with Crippen LogP contribution in [-0.2, 0) is 4.74 Å². The van der Waals surface area contributed by atoms with Crippen molar-refractivity contribution >= 4 is 29.2 Å². The monoisotopic (exact) mass is 403 g/mol. The highest BCUT2D eigenvalue weighted by atomic mass is 16.7. The molecule has 9 nitrogen and oxygen atoms in total. The van der Waals surface area contributed by atoms with Gasteiger partial charge in [0, 0.05) is 16.9 Å². The zero-order chi connectivity index (χ0) is 21.1. The molecule has 0 aliphatic carbocycles. The van der Waals surface area contributed by atoms with E-state index < -0.39 is 37.3 Å². The first-order valence-corrected chi connectivity index (χ1v) is 9.00. The molecule has 1 aliphatic heterocycles. The van der Waals surface area contributed by atoms with E-state index in [2.05, 4.69) is 0 Å². The van der Waals surface area contributed by atoms with Gasteiger partial charge >= 0.3 is 0 Å². The summed E-state index contributed by atoms with van der Waals surface area (Å²) < 4.78 is 11.1. The fourth-order valence-electron chi connectivity index (χ4n) is 3.03. The maximum absolute atomic E-state index is 10.2. The SMILES string of the molecule is Nc1ccc(/C=C/c2cc(N)cc(N)c2O[C@@H]2O[C@H](CO)[C@@H](O)[C@H](O)[C@H]2O)cc1. The van der Waals surface area contributed by atoms with Crippen molar-refractivity contribution in [2.45, 2.75) is 30.7 Å². The Kier molecular flexibility index (Phi) is 6.26. The fraction of sp³-hybridized carbons (Fsp3) is 0.300. The molecule has 0 aromatic heterocycles. The topological polar surface area (TPSA) is 177 Å². The van der Waals surface area contributed by atoms with E-state index in [9.17, 15) is 20.4 Å². The average molecular weight is 403 g/mol. The van der Waals surface area contributed by atoms with Crippen molar-refractivity contribution < 1.29 is 29.9 Å². The zero-order valence-electron chi connectivity index (χ0n) is 15.6. The normalized spacial score (nSPS) is 27.2. The van der Waals surface area contributed by atoms with Crippen molar-refractivity contribution in [1.29, 1.82) is 0 Å². The van der Waals surface area contributed by atoms with Crippen molar-refractivity contribution in [2.75, 3.05) is 23.8 Å². The molecule has 2 aromatic rings. The zero-order valence-corrected chi connectivity index (χ0v) is 15.6. The van der Waals surface area contributed by atoms with Crippen molar-refractivity contribution in [3.05, 3.63) is 47.5 Å². The molecule has 0 radical (unpaired) electrons. The fourth-order valence-corrected chi connectivity index (χ4v) is 3.03. The van der Waals surface area contributed by atoms with Gasteiger partial charge in [0.2, 0.25) is 6.29 Å². The summed E-state index contributed by atoms with van der Waals surface area (Å²) in [5.41, 5.74) is 20.2. The summed E-state index contributed by atoms with van der Waals surface area (Å²) in [6.07, 6.45) is -3.54. The third-order valence-corrected chi connectivity index (χ3v) is 4.64. The number of aliphatic hydroxyl groups is 4. The quantitative estimate of drug-likeness (QED) is 0.263. The minimum Gasteiger partial charge on any atom is -0.459 e. The molecule has 5 atom stereocenters. The third kappa shape index (κ3) is 4.61. The van der Waals surface area contributed by atoms with Crippen LogP contribution < -0.4 is 21.9 Å². The molecule has 2 aromatic carbocycles. The second-order valence-electron chi connectivity index (χ2n) is 6.84. The summed E-state index contributed by atoms with van der Waals surface area (Å²) >= 11 is 0. The molecule has 1 saturated heterocycles. The highest BCUT2D eigenvalue weighted by Crippen LogP contribution is 2.34. The first-order chi connectivity index (χ1) is 13.8. The van der Waals surface area contributed by atoms with Gasteiger partial charge in [-0.2, -0.15) is 0 Å². The van der Waals surface area contributed by atoms with Crippen LogP contribution in [0.2, 0.25) is 0 Å². The molecule has 0 saturated carbocycles. The molecule has 10 N–H and O–H groups in total. The van der Waals surface area contributed by atoms with Gasteiger partial charge in [-0.25, -0.2) is 0 Å². The van der Waals surface area contributed by atoms with Crippen molar-refractivity contribution in [2.24, 2.45) is 0 Å². The number of anilines is 3. The standard InChI is InChI=1S/C20H25N3O6/c21-12-5-2-10(3-6-12)1-4-11-7-13(22)8-14(23)19(11)29-20-18(27)17(26)16(25)15(9-24)28-20/h1-8,15-18,20,24-27H,9,21-23H2/b4-1+/t15-,16-,17+,18-,20+/m1/s1. The van der Waals surface area contributed by atoms with Crippen LogP contribution in [0.5, 0.6) is 5.75 Å². The van der Waals surface area contributed by atoms with Gasteiger partial charge in [-0.3, -0.25) is 0 Å². The van der Waals surface area contributed by atoms with E-state index in [0.717, 1.165) is 5.56 Å². The minimum absolute atomic E-state index is 0.176. The summed E-state index contributed by atoms with van der Waals surface area (Å²) in [7, 11) is 0.